The van der Waals surface area contributed by atoms with E-state index in [1.54, 1.807) is 26.0 Å². The lowest BCUT2D eigenvalue weighted by Crippen LogP contribution is -2.59. The van der Waals surface area contributed by atoms with E-state index < -0.39 is 77.8 Å². The molecule has 0 aliphatic carbocycles. The number of esters is 1. The summed E-state index contributed by atoms with van der Waals surface area (Å²) >= 11 is 0. The first-order valence-electron chi connectivity index (χ1n) is 21.0. The molecule has 0 bridgehead atoms. The Morgan fingerprint density at radius 1 is 1.05 bits per heavy atom. The lowest BCUT2D eigenvalue weighted by atomic mass is 9.70. The van der Waals surface area contributed by atoms with Gasteiger partial charge in [-0.2, -0.15) is 0 Å². The molecule has 3 aliphatic rings. The number of ether oxygens (including phenoxy) is 5. The highest BCUT2D eigenvalue weighted by Crippen LogP contribution is 2.43. The molecule has 0 spiro atoms. The van der Waals surface area contributed by atoms with Crippen molar-refractivity contribution < 1.29 is 48.3 Å². The molecule has 5 rings (SSSR count). The van der Waals surface area contributed by atoms with Crippen molar-refractivity contribution >= 4 is 28.7 Å². The normalized spacial score (nSPS) is 39.8. The molecule has 58 heavy (non-hydrogen) atoms. The van der Waals surface area contributed by atoms with Gasteiger partial charge in [0.2, 0.25) is 11.8 Å². The van der Waals surface area contributed by atoms with Crippen LogP contribution in [-0.4, -0.2) is 144 Å². The zero-order valence-electron chi connectivity index (χ0n) is 36.7. The molecule has 1 aromatic carbocycles. The van der Waals surface area contributed by atoms with Crippen LogP contribution in [-0.2, 0) is 44.5 Å². The van der Waals surface area contributed by atoms with E-state index in [9.17, 15) is 24.6 Å². The van der Waals surface area contributed by atoms with Crippen molar-refractivity contribution in [3.05, 3.63) is 36.0 Å². The molecule has 3 aliphatic heterocycles. The summed E-state index contributed by atoms with van der Waals surface area (Å²) in [7, 11) is 7.14. The molecular weight excluding hydrogens is 745 g/mol. The van der Waals surface area contributed by atoms with E-state index in [0.29, 0.717) is 25.8 Å². The Morgan fingerprint density at radius 3 is 2.40 bits per heavy atom. The SMILES string of the molecule is CO[C@]1(C)C[C@H](C[C@H]2[C@H](C)[C@@H](O[C@@H]3O[C@H](C)C[C@H](N(C)C)[C@H]3O)[C@](C)(O)C[C@@H](C)CN(C)C(=O)[C@H](Cc3c[nH]c4ccccc34)NC(=O)[C@@H]2C)O[C@@H](C)[C@@H]1OC(C)=O. The Balaban J connectivity index is 1.56. The standard InChI is InChI=1S/C44H70N4O10/c1-24-20-43(7,53)38(58-42-37(50)36(47(9)10)17-25(2)55-42)26(3)33(19-31-21-44(8,54-12)39(28(5)56-31)57-29(6)49)27(4)40(51)46-35(41(52)48(11)23-24)18-30-22-45-34-16-14-13-15-32(30)34/h13-16,22,24-28,31,33,35-39,42,45,50,53H,17-21,23H2,1-12H3,(H,46,51)/t24-,25-,26+,27-,28+,31+,33+,35+,36+,37-,38-,39+,42+,43-,44-/m1/s1. The van der Waals surface area contributed by atoms with Gasteiger partial charge in [0.1, 0.15) is 17.7 Å². The van der Waals surface area contributed by atoms with Crippen LogP contribution in [0.25, 0.3) is 10.9 Å². The first kappa shape index (κ1) is 46.0. The first-order chi connectivity index (χ1) is 27.1. The zero-order valence-corrected chi connectivity index (χ0v) is 36.7. The van der Waals surface area contributed by atoms with Gasteiger partial charge < -0.3 is 54.0 Å². The van der Waals surface area contributed by atoms with E-state index in [2.05, 4.69) is 10.3 Å². The smallest absolute Gasteiger partial charge is 0.303 e. The number of hydrogen-bond donors (Lipinski definition) is 4. The predicted molar refractivity (Wildman–Crippen MR) is 220 cm³/mol. The van der Waals surface area contributed by atoms with Gasteiger partial charge in [-0.15, -0.1) is 0 Å². The number of methoxy groups -OCH3 is 1. The molecular formula is C44H70N4O10. The second-order valence-electron chi connectivity index (χ2n) is 18.4. The zero-order chi connectivity index (χ0) is 42.9. The number of carbonyl (C=O) groups excluding carboxylic acids is 3. The first-order valence-corrected chi connectivity index (χ1v) is 21.0. The summed E-state index contributed by atoms with van der Waals surface area (Å²) in [6.45, 7) is 14.9. The molecule has 3 saturated heterocycles. The number of hydrogen-bond acceptors (Lipinski definition) is 11. The number of aromatic nitrogens is 1. The van der Waals surface area contributed by atoms with E-state index in [4.69, 9.17) is 23.7 Å². The van der Waals surface area contributed by atoms with Crippen LogP contribution < -0.4 is 5.32 Å². The van der Waals surface area contributed by atoms with Crippen LogP contribution in [0.3, 0.4) is 0 Å². The number of benzene rings is 1. The molecule has 15 atom stereocenters. The fourth-order valence-electron chi connectivity index (χ4n) is 10.2. The lowest BCUT2D eigenvalue weighted by molar-refractivity contribution is -0.298. The maximum Gasteiger partial charge on any atom is 0.303 e. The molecule has 3 fully saturated rings. The average molecular weight is 815 g/mol. The van der Waals surface area contributed by atoms with Crippen molar-refractivity contribution in [3.8, 4) is 0 Å². The van der Waals surface area contributed by atoms with Crippen LogP contribution in [0.4, 0.5) is 0 Å². The summed E-state index contributed by atoms with van der Waals surface area (Å²) in [6, 6.07) is 6.77. The predicted octanol–water partition coefficient (Wildman–Crippen LogP) is 4.05. The summed E-state index contributed by atoms with van der Waals surface area (Å²) in [6.07, 6.45) is -1.10. The molecule has 0 radical (unpaired) electrons. The van der Waals surface area contributed by atoms with Crippen LogP contribution in [0.15, 0.2) is 30.5 Å². The second kappa shape index (κ2) is 18.7. The number of nitrogens with one attached hydrogen (secondary N) is 2. The van der Waals surface area contributed by atoms with Crippen molar-refractivity contribution in [1.29, 1.82) is 0 Å². The number of carbonyl (C=O) groups is 3. The number of fused-ring (bicyclic) bond motifs is 1. The maximum atomic E-state index is 14.7. The van der Waals surface area contributed by atoms with E-state index in [0.717, 1.165) is 16.5 Å². The van der Waals surface area contributed by atoms with Gasteiger partial charge in [-0.05, 0) is 90.4 Å². The monoisotopic (exact) mass is 815 g/mol. The molecule has 326 valence electrons. The van der Waals surface area contributed by atoms with Crippen molar-refractivity contribution in [1.82, 2.24) is 20.1 Å². The average Bonchev–Trinajstić information content (AvgIpc) is 3.55. The molecule has 14 heteroatoms. The number of nitrogens with zero attached hydrogens (tertiary/aromatic N) is 2. The molecule has 1 aromatic heterocycles. The fourth-order valence-corrected chi connectivity index (χ4v) is 10.2. The minimum absolute atomic E-state index is 0.183. The Morgan fingerprint density at radius 2 is 1.74 bits per heavy atom. The highest BCUT2D eigenvalue weighted by atomic mass is 16.7. The van der Waals surface area contributed by atoms with Gasteiger partial charge in [0.25, 0.3) is 0 Å². The number of aliphatic hydroxyl groups is 2. The van der Waals surface area contributed by atoms with Gasteiger partial charge in [0, 0.05) is 69.5 Å². The summed E-state index contributed by atoms with van der Waals surface area (Å²) < 4.78 is 31.4. The molecule has 2 aromatic rings. The number of amides is 2. The van der Waals surface area contributed by atoms with Gasteiger partial charge in [-0.1, -0.05) is 39.0 Å². The summed E-state index contributed by atoms with van der Waals surface area (Å²) in [4.78, 5) is 48.1. The number of likely N-dealkylation sites (N-methyl/N-ethyl adjacent to an activating group) is 2. The van der Waals surface area contributed by atoms with Crippen LogP contribution in [0.1, 0.15) is 86.6 Å². The molecule has 4 N–H and O–H groups in total. The lowest BCUT2D eigenvalue weighted by Gasteiger charge is -2.49. The van der Waals surface area contributed by atoms with Crippen LogP contribution in [0.2, 0.25) is 0 Å². The Labute approximate surface area is 344 Å². The number of rotatable bonds is 9. The van der Waals surface area contributed by atoms with E-state index in [1.807, 2.05) is 91.0 Å². The quantitative estimate of drug-likeness (QED) is 0.270. The summed E-state index contributed by atoms with van der Waals surface area (Å²) in [5.41, 5.74) is -0.524. The van der Waals surface area contributed by atoms with Gasteiger partial charge in [0.15, 0.2) is 12.4 Å². The largest absolute Gasteiger partial charge is 0.457 e. The Kier molecular flexibility index (Phi) is 14.8. The molecule has 14 nitrogen and oxygen atoms in total. The van der Waals surface area contributed by atoms with Gasteiger partial charge in [-0.25, -0.2) is 0 Å². The van der Waals surface area contributed by atoms with Crippen LogP contribution in [0.5, 0.6) is 0 Å². The molecule has 0 saturated carbocycles. The van der Waals surface area contributed by atoms with Gasteiger partial charge >= 0.3 is 5.97 Å². The summed E-state index contributed by atoms with van der Waals surface area (Å²) in [5.74, 6) is -2.86. The highest BCUT2D eigenvalue weighted by Gasteiger charge is 2.52. The minimum Gasteiger partial charge on any atom is -0.457 e. The molecule has 2 amide bonds. The third-order valence-corrected chi connectivity index (χ3v) is 13.2. The third kappa shape index (κ3) is 10.2. The van der Waals surface area contributed by atoms with Gasteiger partial charge in [0.05, 0.1) is 30.0 Å². The topological polar surface area (TPSA) is 172 Å². The Bertz CT molecular complexity index is 1720. The van der Waals surface area contributed by atoms with E-state index in [-0.39, 0.29) is 42.7 Å². The molecule has 4 heterocycles. The Hall–Kier alpha value is -3.11. The maximum absolute atomic E-state index is 14.7. The van der Waals surface area contributed by atoms with Crippen LogP contribution >= 0.6 is 0 Å². The van der Waals surface area contributed by atoms with Crippen molar-refractivity contribution in [2.24, 2.45) is 23.7 Å². The third-order valence-electron chi connectivity index (χ3n) is 13.2. The number of aliphatic hydroxyl groups excluding tert-OH is 1. The number of para-hydroxylation sites is 1. The van der Waals surface area contributed by atoms with E-state index in [1.165, 1.54) is 6.92 Å². The number of aromatic amines is 1. The van der Waals surface area contributed by atoms with Crippen molar-refractivity contribution in [3.63, 3.8) is 0 Å². The minimum atomic E-state index is -1.49. The second-order valence-corrected chi connectivity index (χ2v) is 18.4. The van der Waals surface area contributed by atoms with E-state index >= 15 is 0 Å². The fraction of sp³-hybridized carbons (Fsp3) is 0.750. The highest BCUT2D eigenvalue weighted by molar-refractivity contribution is 5.90. The van der Waals surface area contributed by atoms with Crippen LogP contribution in [0, 0.1) is 23.7 Å². The van der Waals surface area contributed by atoms with Gasteiger partial charge in [-0.3, -0.25) is 14.4 Å². The van der Waals surface area contributed by atoms with Crippen molar-refractivity contribution in [2.75, 3.05) is 34.8 Å². The van der Waals surface area contributed by atoms with Crippen molar-refractivity contribution in [2.45, 2.75) is 154 Å². The number of H-pyrrole nitrogens is 1. The molecule has 0 unspecified atom stereocenters. The summed E-state index contributed by atoms with van der Waals surface area (Å²) in [5, 5.41) is 28.4.